The molecule has 13 heavy (non-hydrogen) atoms. The summed E-state index contributed by atoms with van der Waals surface area (Å²) in [5.74, 6) is -0.217. The van der Waals surface area contributed by atoms with E-state index in [9.17, 15) is 4.79 Å². The van der Waals surface area contributed by atoms with E-state index in [0.717, 1.165) is 18.7 Å². The van der Waals surface area contributed by atoms with Crippen LogP contribution in [-0.4, -0.2) is 24.3 Å². The molecule has 4 heteroatoms. The Bertz CT molecular complexity index is 232. The van der Waals surface area contributed by atoms with Gasteiger partial charge in [0.2, 0.25) is 0 Å². The van der Waals surface area contributed by atoms with Crippen molar-refractivity contribution in [3.8, 4) is 0 Å². The summed E-state index contributed by atoms with van der Waals surface area (Å²) in [6.07, 6.45) is 4.98. The standard InChI is InChI=1S/C9H14N2O2/c12-9-6-8(11-13-9)5-7-3-1-2-4-10-7/h7,10H,1-6H2. The quantitative estimate of drug-likeness (QED) is 0.643. The summed E-state index contributed by atoms with van der Waals surface area (Å²) >= 11 is 0. The van der Waals surface area contributed by atoms with Gasteiger partial charge in [0.05, 0.1) is 12.1 Å². The fourth-order valence-electron chi connectivity index (χ4n) is 1.84. The van der Waals surface area contributed by atoms with Gasteiger partial charge in [0.15, 0.2) is 0 Å². The first-order chi connectivity index (χ1) is 6.34. The molecule has 72 valence electrons. The molecule has 1 N–H and O–H groups in total. The van der Waals surface area contributed by atoms with Crippen LogP contribution in [0.1, 0.15) is 32.1 Å². The fourth-order valence-corrected chi connectivity index (χ4v) is 1.84. The van der Waals surface area contributed by atoms with Gasteiger partial charge in [-0.15, -0.1) is 0 Å². The minimum Gasteiger partial charge on any atom is -0.318 e. The maximum atomic E-state index is 10.7. The van der Waals surface area contributed by atoms with Crippen LogP contribution >= 0.6 is 0 Å². The summed E-state index contributed by atoms with van der Waals surface area (Å²) in [7, 11) is 0. The molecule has 1 fully saturated rings. The lowest BCUT2D eigenvalue weighted by atomic mass is 9.99. The van der Waals surface area contributed by atoms with Crippen LogP contribution in [0.2, 0.25) is 0 Å². The van der Waals surface area contributed by atoms with E-state index >= 15 is 0 Å². The van der Waals surface area contributed by atoms with Crippen molar-refractivity contribution < 1.29 is 9.63 Å². The first-order valence-electron chi connectivity index (χ1n) is 4.83. The lowest BCUT2D eigenvalue weighted by Crippen LogP contribution is -2.35. The van der Waals surface area contributed by atoms with Gasteiger partial charge in [-0.05, 0) is 19.4 Å². The summed E-state index contributed by atoms with van der Waals surface area (Å²) in [4.78, 5) is 15.3. The van der Waals surface area contributed by atoms with Gasteiger partial charge in [-0.1, -0.05) is 11.6 Å². The number of carbonyl (C=O) groups excluding carboxylic acids is 1. The van der Waals surface area contributed by atoms with Crippen molar-refractivity contribution in [2.45, 2.75) is 38.1 Å². The van der Waals surface area contributed by atoms with Crippen molar-refractivity contribution in [2.75, 3.05) is 6.54 Å². The molecule has 0 radical (unpaired) electrons. The second-order valence-corrected chi connectivity index (χ2v) is 3.65. The molecule has 2 aliphatic heterocycles. The third-order valence-electron chi connectivity index (χ3n) is 2.52. The van der Waals surface area contributed by atoms with Gasteiger partial charge < -0.3 is 10.2 Å². The molecule has 0 aromatic carbocycles. The molecule has 1 atom stereocenters. The Kier molecular flexibility index (Phi) is 2.59. The van der Waals surface area contributed by atoms with Crippen LogP contribution in [-0.2, 0) is 9.63 Å². The van der Waals surface area contributed by atoms with Gasteiger partial charge in [-0.2, -0.15) is 0 Å². The Morgan fingerprint density at radius 3 is 3.08 bits per heavy atom. The molecule has 0 aromatic heterocycles. The van der Waals surface area contributed by atoms with Gasteiger partial charge in [0.1, 0.15) is 0 Å². The molecule has 1 saturated heterocycles. The maximum Gasteiger partial charge on any atom is 0.340 e. The SMILES string of the molecule is O=C1CC(CC2CCCCN2)=NO1. The molecule has 4 nitrogen and oxygen atoms in total. The molecule has 0 aromatic rings. The number of oxime groups is 1. The molecule has 0 aliphatic carbocycles. The van der Waals surface area contributed by atoms with Crippen molar-refractivity contribution in [1.29, 1.82) is 0 Å². The summed E-state index contributed by atoms with van der Waals surface area (Å²) < 4.78 is 0. The normalized spacial score (nSPS) is 28.5. The minimum absolute atomic E-state index is 0.217. The third kappa shape index (κ3) is 2.28. The van der Waals surface area contributed by atoms with Crippen molar-refractivity contribution in [3.63, 3.8) is 0 Å². The Morgan fingerprint density at radius 2 is 2.46 bits per heavy atom. The highest BCUT2D eigenvalue weighted by atomic mass is 16.7. The van der Waals surface area contributed by atoms with Gasteiger partial charge in [-0.3, -0.25) is 0 Å². The molecular formula is C9H14N2O2. The average molecular weight is 182 g/mol. The van der Waals surface area contributed by atoms with E-state index in [1.807, 2.05) is 0 Å². The highest BCUT2D eigenvalue weighted by Crippen LogP contribution is 2.14. The lowest BCUT2D eigenvalue weighted by molar-refractivity contribution is -0.140. The van der Waals surface area contributed by atoms with E-state index < -0.39 is 0 Å². The number of hydrogen-bond acceptors (Lipinski definition) is 4. The van der Waals surface area contributed by atoms with Gasteiger partial charge in [-0.25, -0.2) is 4.79 Å². The Hall–Kier alpha value is -0.900. The smallest absolute Gasteiger partial charge is 0.318 e. The molecule has 0 amide bonds. The fraction of sp³-hybridized carbons (Fsp3) is 0.778. The molecule has 0 bridgehead atoms. The Labute approximate surface area is 77.3 Å². The van der Waals surface area contributed by atoms with E-state index in [-0.39, 0.29) is 5.97 Å². The molecule has 2 heterocycles. The van der Waals surface area contributed by atoms with Gasteiger partial charge in [0, 0.05) is 12.5 Å². The molecule has 2 rings (SSSR count). The second kappa shape index (κ2) is 3.87. The van der Waals surface area contributed by atoms with Crippen LogP contribution in [0.25, 0.3) is 0 Å². The lowest BCUT2D eigenvalue weighted by Gasteiger charge is -2.22. The number of hydrogen-bond donors (Lipinski definition) is 1. The number of rotatable bonds is 2. The average Bonchev–Trinajstić information content (AvgIpc) is 2.53. The van der Waals surface area contributed by atoms with Crippen molar-refractivity contribution >= 4 is 11.7 Å². The first kappa shape index (κ1) is 8.69. The van der Waals surface area contributed by atoms with Crippen LogP contribution in [0, 0.1) is 0 Å². The predicted molar refractivity (Wildman–Crippen MR) is 48.4 cm³/mol. The Morgan fingerprint density at radius 1 is 1.54 bits per heavy atom. The zero-order valence-corrected chi connectivity index (χ0v) is 7.58. The van der Waals surface area contributed by atoms with Crippen LogP contribution in [0.5, 0.6) is 0 Å². The maximum absolute atomic E-state index is 10.7. The van der Waals surface area contributed by atoms with Crippen molar-refractivity contribution in [2.24, 2.45) is 5.16 Å². The Balaban J connectivity index is 1.80. The zero-order valence-electron chi connectivity index (χ0n) is 7.58. The zero-order chi connectivity index (χ0) is 9.10. The van der Waals surface area contributed by atoms with E-state index in [4.69, 9.17) is 0 Å². The summed E-state index contributed by atoms with van der Waals surface area (Å²) in [6.45, 7) is 1.09. The number of piperidine rings is 1. The van der Waals surface area contributed by atoms with Crippen LogP contribution in [0.15, 0.2) is 5.16 Å². The summed E-state index contributed by atoms with van der Waals surface area (Å²) in [6, 6.07) is 0.502. The minimum atomic E-state index is -0.217. The number of nitrogens with one attached hydrogen (secondary N) is 1. The number of carbonyl (C=O) groups is 1. The molecule has 0 spiro atoms. The highest BCUT2D eigenvalue weighted by Gasteiger charge is 2.21. The largest absolute Gasteiger partial charge is 0.340 e. The molecule has 0 saturated carbocycles. The van der Waals surface area contributed by atoms with Crippen LogP contribution < -0.4 is 5.32 Å². The van der Waals surface area contributed by atoms with Gasteiger partial charge in [0.25, 0.3) is 0 Å². The van der Waals surface area contributed by atoms with E-state index in [1.165, 1.54) is 19.3 Å². The third-order valence-corrected chi connectivity index (χ3v) is 2.52. The van der Waals surface area contributed by atoms with Crippen LogP contribution in [0.4, 0.5) is 0 Å². The molecule has 1 unspecified atom stereocenters. The van der Waals surface area contributed by atoms with Crippen molar-refractivity contribution in [1.82, 2.24) is 5.32 Å². The highest BCUT2D eigenvalue weighted by molar-refractivity contribution is 6.02. The van der Waals surface area contributed by atoms with E-state index in [2.05, 4.69) is 15.3 Å². The topological polar surface area (TPSA) is 50.7 Å². The van der Waals surface area contributed by atoms with E-state index in [1.54, 1.807) is 0 Å². The molecule has 2 aliphatic rings. The van der Waals surface area contributed by atoms with Crippen molar-refractivity contribution in [3.05, 3.63) is 0 Å². The summed E-state index contributed by atoms with van der Waals surface area (Å²) in [5, 5.41) is 7.15. The predicted octanol–water partition coefficient (Wildman–Crippen LogP) is 0.821. The van der Waals surface area contributed by atoms with Gasteiger partial charge >= 0.3 is 5.97 Å². The second-order valence-electron chi connectivity index (χ2n) is 3.65. The van der Waals surface area contributed by atoms with E-state index in [0.29, 0.717) is 12.5 Å². The first-order valence-corrected chi connectivity index (χ1v) is 4.83. The number of nitrogens with zero attached hydrogens (tertiary/aromatic N) is 1. The van der Waals surface area contributed by atoms with Crippen LogP contribution in [0.3, 0.4) is 0 Å². The summed E-state index contributed by atoms with van der Waals surface area (Å²) in [5.41, 5.74) is 0.893. The molecular weight excluding hydrogens is 168 g/mol. The monoisotopic (exact) mass is 182 g/mol.